The van der Waals surface area contributed by atoms with Gasteiger partial charge in [0.15, 0.2) is 0 Å². The van der Waals surface area contributed by atoms with Crippen LogP contribution in [0, 0.1) is 5.92 Å². The predicted molar refractivity (Wildman–Crippen MR) is 78.1 cm³/mol. The first kappa shape index (κ1) is 14.4. The van der Waals surface area contributed by atoms with Gasteiger partial charge < -0.3 is 4.57 Å². The molecule has 2 rings (SSSR count). The molecule has 6 nitrogen and oxygen atoms in total. The zero-order valence-electron chi connectivity index (χ0n) is 11.6. The minimum atomic E-state index is -0.352. The lowest BCUT2D eigenvalue weighted by molar-refractivity contribution is 0.102. The van der Waals surface area contributed by atoms with Crippen molar-refractivity contribution in [3.05, 3.63) is 39.3 Å². The number of rotatable bonds is 4. The minimum absolute atomic E-state index is 0.226. The molecule has 0 spiro atoms. The summed E-state index contributed by atoms with van der Waals surface area (Å²) < 4.78 is 1.41. The Balaban J connectivity index is 2.09. The summed E-state index contributed by atoms with van der Waals surface area (Å²) >= 11 is 1.35. The summed E-state index contributed by atoms with van der Waals surface area (Å²) in [4.78, 5) is 23.5. The molecule has 0 saturated heterocycles. The van der Waals surface area contributed by atoms with E-state index in [0.29, 0.717) is 16.6 Å². The molecule has 0 bridgehead atoms. The first-order valence-corrected chi connectivity index (χ1v) is 7.08. The number of nitrogens with zero attached hydrogens (tertiary/aromatic N) is 3. The second-order valence-corrected chi connectivity index (χ2v) is 5.98. The van der Waals surface area contributed by atoms with Crippen molar-refractivity contribution in [3.63, 3.8) is 0 Å². The Morgan fingerprint density at radius 2 is 2.20 bits per heavy atom. The average Bonchev–Trinajstić information content (AvgIpc) is 2.79. The van der Waals surface area contributed by atoms with Crippen molar-refractivity contribution in [1.29, 1.82) is 0 Å². The number of aromatic nitrogens is 3. The Kier molecular flexibility index (Phi) is 4.29. The molecule has 7 heteroatoms. The molecule has 0 saturated carbocycles. The van der Waals surface area contributed by atoms with Gasteiger partial charge in [0.2, 0.25) is 5.13 Å². The van der Waals surface area contributed by atoms with Crippen LogP contribution in [0.1, 0.15) is 29.2 Å². The smallest absolute Gasteiger partial charge is 0.257 e. The number of anilines is 1. The van der Waals surface area contributed by atoms with Crippen LogP contribution in [-0.4, -0.2) is 20.7 Å². The summed E-state index contributed by atoms with van der Waals surface area (Å²) in [5, 5.41) is 11.9. The average molecular weight is 292 g/mol. The van der Waals surface area contributed by atoms with E-state index in [2.05, 4.69) is 29.4 Å². The van der Waals surface area contributed by atoms with E-state index in [1.165, 1.54) is 22.0 Å². The minimum Gasteiger partial charge on any atom is -0.319 e. The Bertz CT molecular complexity index is 675. The van der Waals surface area contributed by atoms with Crippen LogP contribution in [0.3, 0.4) is 0 Å². The van der Waals surface area contributed by atoms with E-state index in [1.807, 2.05) is 0 Å². The van der Waals surface area contributed by atoms with Crippen LogP contribution >= 0.6 is 11.3 Å². The van der Waals surface area contributed by atoms with Crippen LogP contribution in [0.2, 0.25) is 0 Å². The first-order valence-electron chi connectivity index (χ1n) is 6.26. The van der Waals surface area contributed by atoms with Crippen molar-refractivity contribution >= 4 is 22.4 Å². The quantitative estimate of drug-likeness (QED) is 0.930. The highest BCUT2D eigenvalue weighted by Crippen LogP contribution is 2.18. The third kappa shape index (κ3) is 3.51. The maximum atomic E-state index is 12.0. The molecule has 20 heavy (non-hydrogen) atoms. The van der Waals surface area contributed by atoms with Gasteiger partial charge in [0.25, 0.3) is 11.5 Å². The molecule has 2 heterocycles. The molecule has 0 radical (unpaired) electrons. The molecule has 0 fully saturated rings. The van der Waals surface area contributed by atoms with Crippen molar-refractivity contribution in [2.45, 2.75) is 20.3 Å². The highest BCUT2D eigenvalue weighted by atomic mass is 32.1. The molecule has 0 aromatic carbocycles. The van der Waals surface area contributed by atoms with Gasteiger partial charge in [-0.3, -0.25) is 14.9 Å². The van der Waals surface area contributed by atoms with Crippen LogP contribution in [0.25, 0.3) is 0 Å². The summed E-state index contributed by atoms with van der Waals surface area (Å²) in [7, 11) is 1.63. The van der Waals surface area contributed by atoms with Crippen molar-refractivity contribution in [2.24, 2.45) is 13.0 Å². The molecule has 2 aromatic heterocycles. The first-order chi connectivity index (χ1) is 9.45. The zero-order chi connectivity index (χ0) is 14.7. The molecular weight excluding hydrogens is 276 g/mol. The Hall–Kier alpha value is -2.02. The Labute approximate surface area is 120 Å². The molecule has 106 valence electrons. The number of amides is 1. The molecule has 0 aliphatic rings. The lowest BCUT2D eigenvalue weighted by atomic mass is 10.1. The van der Waals surface area contributed by atoms with Gasteiger partial charge in [-0.1, -0.05) is 25.2 Å². The normalized spacial score (nSPS) is 10.8. The van der Waals surface area contributed by atoms with Crippen LogP contribution < -0.4 is 10.9 Å². The van der Waals surface area contributed by atoms with E-state index in [4.69, 9.17) is 0 Å². The van der Waals surface area contributed by atoms with Gasteiger partial charge in [0.05, 0.1) is 0 Å². The Morgan fingerprint density at radius 3 is 2.85 bits per heavy atom. The lowest BCUT2D eigenvalue weighted by Gasteiger charge is -2.02. The summed E-state index contributed by atoms with van der Waals surface area (Å²) in [5.41, 5.74) is 0.0871. The number of carbonyl (C=O) groups is 1. The summed E-state index contributed by atoms with van der Waals surface area (Å²) in [5.74, 6) is 0.138. The second kappa shape index (κ2) is 5.96. The zero-order valence-corrected chi connectivity index (χ0v) is 12.4. The van der Waals surface area contributed by atoms with Crippen LogP contribution in [0.4, 0.5) is 5.13 Å². The summed E-state index contributed by atoms with van der Waals surface area (Å²) in [6.45, 7) is 4.19. The molecule has 2 aromatic rings. The van der Waals surface area contributed by atoms with Gasteiger partial charge in [0, 0.05) is 31.3 Å². The maximum Gasteiger partial charge on any atom is 0.257 e. The molecule has 0 aliphatic heterocycles. The standard InChI is InChI=1S/C13H16N4O2S/c1-8(2)6-10-15-16-13(20-10)14-12(19)9-4-5-17(3)11(18)7-9/h4-5,7-8H,6H2,1-3H3,(H,14,16,19). The lowest BCUT2D eigenvalue weighted by Crippen LogP contribution is -2.19. The molecule has 0 aliphatic carbocycles. The van der Waals surface area contributed by atoms with E-state index < -0.39 is 0 Å². The number of hydrogen-bond acceptors (Lipinski definition) is 5. The Morgan fingerprint density at radius 1 is 1.45 bits per heavy atom. The SMILES string of the molecule is CC(C)Cc1nnc(NC(=O)c2ccn(C)c(=O)c2)s1. The highest BCUT2D eigenvalue weighted by Gasteiger charge is 2.11. The fourth-order valence-corrected chi connectivity index (χ4v) is 2.54. The van der Waals surface area contributed by atoms with Crippen molar-refractivity contribution in [2.75, 3.05) is 5.32 Å². The number of aryl methyl sites for hydroxylation is 1. The third-order valence-corrected chi connectivity index (χ3v) is 3.50. The number of nitrogens with one attached hydrogen (secondary N) is 1. The third-order valence-electron chi connectivity index (χ3n) is 2.64. The monoisotopic (exact) mass is 292 g/mol. The molecular formula is C13H16N4O2S. The molecule has 1 N–H and O–H groups in total. The highest BCUT2D eigenvalue weighted by molar-refractivity contribution is 7.15. The topological polar surface area (TPSA) is 76.9 Å². The number of hydrogen-bond donors (Lipinski definition) is 1. The van der Waals surface area contributed by atoms with Crippen molar-refractivity contribution in [1.82, 2.24) is 14.8 Å². The maximum absolute atomic E-state index is 12.0. The van der Waals surface area contributed by atoms with Crippen molar-refractivity contribution in [3.8, 4) is 0 Å². The molecule has 0 unspecified atom stereocenters. The van der Waals surface area contributed by atoms with Crippen LogP contribution in [0.5, 0.6) is 0 Å². The number of carbonyl (C=O) groups excluding carboxylic acids is 1. The van der Waals surface area contributed by atoms with Gasteiger partial charge in [-0.25, -0.2) is 0 Å². The summed E-state index contributed by atoms with van der Waals surface area (Å²) in [6, 6.07) is 2.89. The molecule has 0 atom stereocenters. The van der Waals surface area contributed by atoms with Gasteiger partial charge in [0.1, 0.15) is 5.01 Å². The van der Waals surface area contributed by atoms with Crippen molar-refractivity contribution < 1.29 is 4.79 Å². The van der Waals surface area contributed by atoms with Crippen LogP contribution in [-0.2, 0) is 13.5 Å². The van der Waals surface area contributed by atoms with Gasteiger partial charge in [-0.2, -0.15) is 0 Å². The largest absolute Gasteiger partial charge is 0.319 e. The van der Waals surface area contributed by atoms with E-state index in [1.54, 1.807) is 19.3 Å². The van der Waals surface area contributed by atoms with E-state index in [9.17, 15) is 9.59 Å². The molecule has 1 amide bonds. The van der Waals surface area contributed by atoms with E-state index in [-0.39, 0.29) is 11.5 Å². The number of pyridine rings is 1. The van der Waals surface area contributed by atoms with E-state index in [0.717, 1.165) is 11.4 Å². The summed E-state index contributed by atoms with van der Waals surface area (Å²) in [6.07, 6.45) is 2.39. The van der Waals surface area contributed by atoms with Gasteiger partial charge >= 0.3 is 0 Å². The van der Waals surface area contributed by atoms with Gasteiger partial charge in [-0.15, -0.1) is 10.2 Å². The predicted octanol–water partition coefficient (Wildman–Crippen LogP) is 1.69. The van der Waals surface area contributed by atoms with E-state index >= 15 is 0 Å². The van der Waals surface area contributed by atoms with Gasteiger partial charge in [-0.05, 0) is 12.0 Å². The fraction of sp³-hybridized carbons (Fsp3) is 0.385. The van der Waals surface area contributed by atoms with Crippen LogP contribution in [0.15, 0.2) is 23.1 Å². The fourth-order valence-electron chi connectivity index (χ4n) is 1.59. The second-order valence-electron chi connectivity index (χ2n) is 4.92.